The van der Waals surface area contributed by atoms with Crippen molar-refractivity contribution < 1.29 is 23.9 Å². The fourth-order valence-corrected chi connectivity index (χ4v) is 2.27. The summed E-state index contributed by atoms with van der Waals surface area (Å²) < 4.78 is 10.9. The molecule has 7 heteroatoms. The van der Waals surface area contributed by atoms with E-state index >= 15 is 0 Å². The second kappa shape index (κ2) is 9.55. The van der Waals surface area contributed by atoms with Crippen molar-refractivity contribution in [2.75, 3.05) is 6.61 Å². The Hall–Kier alpha value is -3.35. The molecular formula is C21H24N2O5. The third-order valence-electron chi connectivity index (χ3n) is 4.10. The van der Waals surface area contributed by atoms with Gasteiger partial charge in [-0.05, 0) is 63.1 Å². The first-order valence-corrected chi connectivity index (χ1v) is 8.82. The van der Waals surface area contributed by atoms with Crippen molar-refractivity contribution in [1.82, 2.24) is 10.9 Å². The largest absolute Gasteiger partial charge is 0.484 e. The summed E-state index contributed by atoms with van der Waals surface area (Å²) in [5, 5.41) is 0. The quantitative estimate of drug-likeness (QED) is 0.565. The topological polar surface area (TPSA) is 93.7 Å². The molecule has 148 valence electrons. The summed E-state index contributed by atoms with van der Waals surface area (Å²) >= 11 is 0. The predicted molar refractivity (Wildman–Crippen MR) is 104 cm³/mol. The van der Waals surface area contributed by atoms with Crippen LogP contribution in [0.5, 0.6) is 11.5 Å². The van der Waals surface area contributed by atoms with E-state index in [2.05, 4.69) is 10.9 Å². The van der Waals surface area contributed by atoms with Crippen LogP contribution >= 0.6 is 0 Å². The number of ketones is 1. The molecule has 7 nitrogen and oxygen atoms in total. The summed E-state index contributed by atoms with van der Waals surface area (Å²) in [7, 11) is 0. The number of aryl methyl sites for hydroxylation is 2. The van der Waals surface area contributed by atoms with Crippen molar-refractivity contribution in [2.45, 2.75) is 33.8 Å². The number of rotatable bonds is 7. The summed E-state index contributed by atoms with van der Waals surface area (Å²) in [4.78, 5) is 35.3. The first kappa shape index (κ1) is 21.0. The van der Waals surface area contributed by atoms with E-state index in [-0.39, 0.29) is 12.4 Å². The highest BCUT2D eigenvalue weighted by molar-refractivity contribution is 5.94. The van der Waals surface area contributed by atoms with Gasteiger partial charge in [-0.15, -0.1) is 0 Å². The lowest BCUT2D eigenvalue weighted by Gasteiger charge is -2.15. The molecule has 2 aromatic carbocycles. The lowest BCUT2D eigenvalue weighted by molar-refractivity contribution is -0.133. The van der Waals surface area contributed by atoms with Crippen molar-refractivity contribution >= 4 is 17.6 Å². The first-order valence-electron chi connectivity index (χ1n) is 8.82. The highest BCUT2D eigenvalue weighted by Gasteiger charge is 2.16. The molecule has 0 aliphatic rings. The molecule has 2 amide bonds. The number of ether oxygens (including phenoxy) is 2. The van der Waals surface area contributed by atoms with Gasteiger partial charge in [0, 0.05) is 5.56 Å². The van der Waals surface area contributed by atoms with E-state index in [1.807, 2.05) is 26.0 Å². The van der Waals surface area contributed by atoms with E-state index in [4.69, 9.17) is 9.47 Å². The van der Waals surface area contributed by atoms with Gasteiger partial charge in [0.2, 0.25) is 0 Å². The maximum atomic E-state index is 12.1. The second-order valence-electron chi connectivity index (χ2n) is 6.42. The molecule has 0 radical (unpaired) electrons. The fraction of sp³-hybridized carbons (Fsp3) is 0.286. The molecule has 0 saturated carbocycles. The van der Waals surface area contributed by atoms with Gasteiger partial charge in [-0.2, -0.15) is 0 Å². The number of carbonyl (C=O) groups is 3. The summed E-state index contributed by atoms with van der Waals surface area (Å²) in [6, 6.07) is 12.1. The molecule has 0 heterocycles. The smallest absolute Gasteiger partial charge is 0.279 e. The number of hydrazine groups is 1. The van der Waals surface area contributed by atoms with Gasteiger partial charge in [0.15, 0.2) is 18.5 Å². The average molecular weight is 384 g/mol. The molecule has 0 spiro atoms. The van der Waals surface area contributed by atoms with Crippen LogP contribution in [0.25, 0.3) is 0 Å². The van der Waals surface area contributed by atoms with Gasteiger partial charge < -0.3 is 9.47 Å². The fourth-order valence-electron chi connectivity index (χ4n) is 2.27. The number of benzene rings is 2. The summed E-state index contributed by atoms with van der Waals surface area (Å²) in [6.07, 6.45) is -0.872. The Morgan fingerprint density at radius 1 is 0.964 bits per heavy atom. The van der Waals surface area contributed by atoms with Gasteiger partial charge in [-0.3, -0.25) is 25.2 Å². The zero-order valence-corrected chi connectivity index (χ0v) is 16.4. The zero-order valence-electron chi connectivity index (χ0n) is 16.4. The highest BCUT2D eigenvalue weighted by Crippen LogP contribution is 2.16. The van der Waals surface area contributed by atoms with E-state index in [9.17, 15) is 14.4 Å². The number of hydrogen-bond donors (Lipinski definition) is 2. The van der Waals surface area contributed by atoms with Crippen LogP contribution in [-0.4, -0.2) is 30.3 Å². The summed E-state index contributed by atoms with van der Waals surface area (Å²) in [6.45, 7) is 6.69. The maximum absolute atomic E-state index is 12.1. The molecular weight excluding hydrogens is 360 g/mol. The number of nitrogens with one attached hydrogen (secondary N) is 2. The van der Waals surface area contributed by atoms with Crippen LogP contribution in [0.3, 0.4) is 0 Å². The minimum Gasteiger partial charge on any atom is -0.484 e. The molecule has 0 bridgehead atoms. The molecule has 0 aromatic heterocycles. The molecule has 0 saturated heterocycles. The molecule has 2 rings (SSSR count). The average Bonchev–Trinajstić information content (AvgIpc) is 2.67. The zero-order chi connectivity index (χ0) is 20.7. The normalized spacial score (nSPS) is 11.3. The van der Waals surface area contributed by atoms with E-state index in [1.54, 1.807) is 30.3 Å². The lowest BCUT2D eigenvalue weighted by atomic mass is 10.1. The van der Waals surface area contributed by atoms with Gasteiger partial charge in [0.25, 0.3) is 11.8 Å². The number of hydrogen-bond acceptors (Lipinski definition) is 5. The molecule has 0 fully saturated rings. The Balaban J connectivity index is 1.78. The Morgan fingerprint density at radius 3 is 2.39 bits per heavy atom. The lowest BCUT2D eigenvalue weighted by Crippen LogP contribution is -2.48. The molecule has 28 heavy (non-hydrogen) atoms. The van der Waals surface area contributed by atoms with E-state index in [0.29, 0.717) is 17.1 Å². The molecule has 2 aromatic rings. The van der Waals surface area contributed by atoms with Gasteiger partial charge in [-0.1, -0.05) is 18.2 Å². The monoisotopic (exact) mass is 384 g/mol. The van der Waals surface area contributed by atoms with Crippen LogP contribution in [0.1, 0.15) is 35.3 Å². The summed E-state index contributed by atoms with van der Waals surface area (Å²) in [5.74, 6) is -0.171. The minimum absolute atomic E-state index is 0.0985. The molecule has 2 N–H and O–H groups in total. The number of amides is 2. The third-order valence-corrected chi connectivity index (χ3v) is 4.10. The van der Waals surface area contributed by atoms with Crippen molar-refractivity contribution in [2.24, 2.45) is 0 Å². The van der Waals surface area contributed by atoms with Gasteiger partial charge in [0.1, 0.15) is 11.5 Å². The minimum atomic E-state index is -0.872. The van der Waals surface area contributed by atoms with Crippen molar-refractivity contribution in [3.8, 4) is 11.5 Å². The molecule has 0 aliphatic heterocycles. The van der Waals surface area contributed by atoms with E-state index < -0.39 is 17.9 Å². The predicted octanol–water partition coefficient (Wildman–Crippen LogP) is 2.50. The molecule has 1 atom stereocenters. The standard InChI is InChI=1S/C21H24N2O5/c1-13-8-9-18(10-14(13)2)27-12-20(25)22-23-21(26)16(4)28-19-7-5-6-17(11-19)15(3)24/h5-11,16H,12H2,1-4H3,(H,22,25)(H,23,26). The van der Waals surface area contributed by atoms with Crippen LogP contribution in [0.15, 0.2) is 42.5 Å². The van der Waals surface area contributed by atoms with Crippen molar-refractivity contribution in [1.29, 1.82) is 0 Å². The van der Waals surface area contributed by atoms with E-state index in [0.717, 1.165) is 11.1 Å². The van der Waals surface area contributed by atoms with Crippen molar-refractivity contribution in [3.63, 3.8) is 0 Å². The van der Waals surface area contributed by atoms with Crippen LogP contribution in [-0.2, 0) is 9.59 Å². The van der Waals surface area contributed by atoms with Gasteiger partial charge in [0.05, 0.1) is 0 Å². The second-order valence-corrected chi connectivity index (χ2v) is 6.42. The summed E-state index contributed by atoms with van der Waals surface area (Å²) in [5.41, 5.74) is 7.24. The van der Waals surface area contributed by atoms with Crippen molar-refractivity contribution in [3.05, 3.63) is 59.2 Å². The number of Topliss-reactive ketones (excluding diaryl/α,β-unsaturated/α-hetero) is 1. The molecule has 0 aliphatic carbocycles. The van der Waals surface area contributed by atoms with Crippen LogP contribution < -0.4 is 20.3 Å². The first-order chi connectivity index (χ1) is 13.3. The highest BCUT2D eigenvalue weighted by atomic mass is 16.5. The van der Waals surface area contributed by atoms with Gasteiger partial charge in [-0.25, -0.2) is 0 Å². The maximum Gasteiger partial charge on any atom is 0.279 e. The Labute approximate surface area is 164 Å². The molecule has 1 unspecified atom stereocenters. The Kier molecular flexibility index (Phi) is 7.14. The Bertz CT molecular complexity index is 879. The van der Waals surface area contributed by atoms with E-state index in [1.165, 1.54) is 13.8 Å². The SMILES string of the molecule is CC(=O)c1cccc(OC(C)C(=O)NNC(=O)COc2ccc(C)c(C)c2)c1. The van der Waals surface area contributed by atoms with Gasteiger partial charge >= 0.3 is 0 Å². The van der Waals surface area contributed by atoms with Crippen LogP contribution in [0.2, 0.25) is 0 Å². The number of carbonyl (C=O) groups excluding carboxylic acids is 3. The third kappa shape index (κ3) is 6.12. The van der Waals surface area contributed by atoms with Crippen LogP contribution in [0.4, 0.5) is 0 Å². The van der Waals surface area contributed by atoms with Crippen LogP contribution in [0, 0.1) is 13.8 Å². The Morgan fingerprint density at radius 2 is 1.71 bits per heavy atom.